The Morgan fingerprint density at radius 1 is 1.04 bits per heavy atom. The van der Waals surface area contributed by atoms with Gasteiger partial charge in [0.2, 0.25) is 0 Å². The first-order valence-electron chi connectivity index (χ1n) is 5.70. The zero-order chi connectivity index (χ0) is 20.0. The third kappa shape index (κ3) is 3.32. The third-order valence-electron chi connectivity index (χ3n) is 2.93. The van der Waals surface area contributed by atoms with Crippen LogP contribution in [0.1, 0.15) is 6.42 Å². The molecule has 1 fully saturated rings. The van der Waals surface area contributed by atoms with Crippen molar-refractivity contribution >= 4 is 44.0 Å². The van der Waals surface area contributed by atoms with Gasteiger partial charge in [0.05, 0.1) is 6.42 Å². The fourth-order valence-corrected chi connectivity index (χ4v) is 3.93. The molecule has 1 rings (SSSR count). The van der Waals surface area contributed by atoms with E-state index in [4.69, 9.17) is 24.4 Å². The molecule has 25 heavy (non-hydrogen) atoms. The number of imide groups is 1. The Morgan fingerprint density at radius 2 is 1.48 bits per heavy atom. The van der Waals surface area contributed by atoms with Crippen molar-refractivity contribution in [1.82, 2.24) is 5.06 Å². The van der Waals surface area contributed by atoms with Crippen molar-refractivity contribution in [3.8, 4) is 0 Å². The topological polar surface area (TPSA) is 250 Å². The smallest absolute Gasteiger partial charge is 0.364 e. The van der Waals surface area contributed by atoms with E-state index in [9.17, 15) is 36.0 Å². The van der Waals surface area contributed by atoms with Gasteiger partial charge in [-0.3, -0.25) is 18.7 Å². The number of aliphatic carboxylic acids is 1. The van der Waals surface area contributed by atoms with E-state index in [-0.39, 0.29) is 0 Å². The maximum atomic E-state index is 11.9. The molecule has 0 radical (unpaired) electrons. The molecule has 0 bridgehead atoms. The number of carbonyl (C=O) groups is 4. The molecule has 17 heteroatoms. The molecule has 1 heterocycles. The summed E-state index contributed by atoms with van der Waals surface area (Å²) in [7, 11) is -11.9. The number of hydrogen-bond acceptors (Lipinski definition) is 11. The standard InChI is InChI=1S/C8H9NO14S2/c10-2-1-8(24(17,18)19,25(20,21)22)7(16)9(2)23-6(15)4(12)3(11)5(13)14/h3-4,11-12H,1H2,(H,13,14)(H,17,18,19)(H,20,21,22). The van der Waals surface area contributed by atoms with Crippen molar-refractivity contribution in [2.45, 2.75) is 22.7 Å². The van der Waals surface area contributed by atoms with Crippen molar-refractivity contribution in [3.63, 3.8) is 0 Å². The lowest BCUT2D eigenvalue weighted by molar-refractivity contribution is -0.207. The van der Waals surface area contributed by atoms with E-state index < -0.39 is 71.8 Å². The highest BCUT2D eigenvalue weighted by Gasteiger charge is 2.70. The lowest BCUT2D eigenvalue weighted by Gasteiger charge is -2.20. The highest BCUT2D eigenvalue weighted by molar-refractivity contribution is 8.06. The SMILES string of the molecule is O=C(O)C(O)C(O)C(=O)ON1C(=O)CC(S(=O)(=O)O)(S(=O)(=O)O)C1=O. The van der Waals surface area contributed by atoms with Gasteiger partial charge in [-0.25, -0.2) is 9.59 Å². The second-order valence-corrected chi connectivity index (χ2v) is 8.06. The summed E-state index contributed by atoms with van der Waals surface area (Å²) in [5.41, 5.74) is 0. The number of nitrogens with zero attached hydrogens (tertiary/aromatic N) is 1. The second-order valence-electron chi connectivity index (χ2n) is 4.51. The highest BCUT2D eigenvalue weighted by atomic mass is 32.3. The van der Waals surface area contributed by atoms with Crippen LogP contribution in [-0.4, -0.2) is 86.4 Å². The van der Waals surface area contributed by atoms with Gasteiger partial charge in [0.25, 0.3) is 26.1 Å². The summed E-state index contributed by atoms with van der Waals surface area (Å²) >= 11 is 0. The molecule has 2 amide bonds. The summed E-state index contributed by atoms with van der Waals surface area (Å²) in [4.78, 5) is 49.1. The molecule has 15 nitrogen and oxygen atoms in total. The van der Waals surface area contributed by atoms with Crippen LogP contribution in [0.25, 0.3) is 0 Å². The molecule has 2 unspecified atom stereocenters. The first-order valence-corrected chi connectivity index (χ1v) is 8.58. The van der Waals surface area contributed by atoms with E-state index in [0.29, 0.717) is 0 Å². The third-order valence-corrected chi connectivity index (χ3v) is 6.50. The summed E-state index contributed by atoms with van der Waals surface area (Å²) < 4.78 is 58.7. The van der Waals surface area contributed by atoms with E-state index in [1.807, 2.05) is 0 Å². The lowest BCUT2D eigenvalue weighted by atomic mass is 10.2. The van der Waals surface area contributed by atoms with Gasteiger partial charge in [-0.1, -0.05) is 5.06 Å². The maximum Gasteiger partial charge on any atom is 0.364 e. The summed E-state index contributed by atoms with van der Waals surface area (Å²) in [6.07, 6.45) is -7.51. The number of carboxylic acids is 1. The monoisotopic (exact) mass is 407 g/mol. The first kappa shape index (κ1) is 20.9. The van der Waals surface area contributed by atoms with E-state index in [1.54, 1.807) is 0 Å². The molecular formula is C8H9NO14S2. The molecule has 1 saturated heterocycles. The minimum absolute atomic E-state index is 0.818. The number of hydroxylamine groups is 2. The molecule has 142 valence electrons. The van der Waals surface area contributed by atoms with Crippen LogP contribution >= 0.6 is 0 Å². The van der Waals surface area contributed by atoms with Crippen LogP contribution < -0.4 is 0 Å². The van der Waals surface area contributed by atoms with E-state index in [0.717, 1.165) is 0 Å². The van der Waals surface area contributed by atoms with Crippen molar-refractivity contribution in [2.24, 2.45) is 0 Å². The van der Waals surface area contributed by atoms with Crippen LogP contribution in [0.4, 0.5) is 0 Å². The quantitative estimate of drug-likeness (QED) is 0.205. The molecule has 2 atom stereocenters. The van der Waals surface area contributed by atoms with Crippen molar-refractivity contribution in [1.29, 1.82) is 0 Å². The average Bonchev–Trinajstić information content (AvgIpc) is 2.69. The van der Waals surface area contributed by atoms with Crippen molar-refractivity contribution in [2.75, 3.05) is 0 Å². The largest absolute Gasteiger partial charge is 0.479 e. The first-order chi connectivity index (χ1) is 11.1. The predicted octanol–water partition coefficient (Wildman–Crippen LogP) is -4.52. The number of carboxylic acid groups (broad SMARTS) is 1. The van der Waals surface area contributed by atoms with Gasteiger partial charge in [0.15, 0.2) is 12.2 Å². The summed E-state index contributed by atoms with van der Waals surface area (Å²) in [6.45, 7) is 0. The van der Waals surface area contributed by atoms with Gasteiger partial charge in [-0.2, -0.15) is 16.8 Å². The second kappa shape index (κ2) is 6.28. The zero-order valence-corrected chi connectivity index (χ0v) is 13.2. The molecule has 0 spiro atoms. The van der Waals surface area contributed by atoms with Gasteiger partial charge >= 0.3 is 21.9 Å². The Bertz CT molecular complexity index is 808. The minimum atomic E-state index is -5.97. The number of amides is 2. The molecule has 0 aliphatic carbocycles. The van der Waals surface area contributed by atoms with E-state index in [2.05, 4.69) is 4.84 Å². The number of rotatable bonds is 6. The van der Waals surface area contributed by atoms with Gasteiger partial charge in [0, 0.05) is 0 Å². The molecule has 1 aliphatic heterocycles. The fourth-order valence-electron chi connectivity index (χ4n) is 1.65. The van der Waals surface area contributed by atoms with Crippen molar-refractivity contribution < 1.29 is 65.3 Å². The number of aliphatic hydroxyl groups is 2. The van der Waals surface area contributed by atoms with Crippen LogP contribution in [0.5, 0.6) is 0 Å². The van der Waals surface area contributed by atoms with Crippen LogP contribution in [-0.2, 0) is 44.3 Å². The van der Waals surface area contributed by atoms with Gasteiger partial charge in [-0.15, -0.1) is 0 Å². The normalized spacial score (nSPS) is 20.2. The summed E-state index contributed by atoms with van der Waals surface area (Å²) in [6, 6.07) is 0. The van der Waals surface area contributed by atoms with Crippen LogP contribution in [0, 0.1) is 0 Å². The average molecular weight is 407 g/mol. The Balaban J connectivity index is 3.26. The van der Waals surface area contributed by atoms with Gasteiger partial charge in [0.1, 0.15) is 0 Å². The highest BCUT2D eigenvalue weighted by Crippen LogP contribution is 2.36. The summed E-state index contributed by atoms with van der Waals surface area (Å²) in [5, 5.41) is 25.6. The Kier molecular flexibility index (Phi) is 5.24. The molecule has 5 N–H and O–H groups in total. The van der Waals surface area contributed by atoms with Crippen LogP contribution in [0.3, 0.4) is 0 Å². The van der Waals surface area contributed by atoms with E-state index >= 15 is 0 Å². The van der Waals surface area contributed by atoms with Gasteiger partial charge < -0.3 is 20.2 Å². The molecule has 1 aliphatic rings. The zero-order valence-electron chi connectivity index (χ0n) is 11.5. The lowest BCUT2D eigenvalue weighted by Crippen LogP contribution is -2.53. The Hall–Kier alpha value is -2.18. The predicted molar refractivity (Wildman–Crippen MR) is 68.0 cm³/mol. The number of hydrogen-bond donors (Lipinski definition) is 5. The maximum absolute atomic E-state index is 11.9. The molecule has 0 saturated carbocycles. The Labute approximate surface area is 137 Å². The number of aliphatic hydroxyl groups excluding tert-OH is 2. The molecule has 0 aromatic carbocycles. The molecular weight excluding hydrogens is 398 g/mol. The molecule has 0 aromatic heterocycles. The minimum Gasteiger partial charge on any atom is -0.479 e. The summed E-state index contributed by atoms with van der Waals surface area (Å²) in [5.74, 6) is -8.55. The van der Waals surface area contributed by atoms with Crippen LogP contribution in [0.2, 0.25) is 0 Å². The fraction of sp³-hybridized carbons (Fsp3) is 0.500. The van der Waals surface area contributed by atoms with Gasteiger partial charge in [-0.05, 0) is 0 Å². The Morgan fingerprint density at radius 3 is 1.80 bits per heavy atom. The van der Waals surface area contributed by atoms with E-state index in [1.165, 1.54) is 0 Å². The van der Waals surface area contributed by atoms with Crippen LogP contribution in [0.15, 0.2) is 0 Å². The van der Waals surface area contributed by atoms with Crippen molar-refractivity contribution in [3.05, 3.63) is 0 Å². The molecule has 0 aromatic rings. The number of carbonyl (C=O) groups excluding carboxylic acids is 3.